The van der Waals surface area contributed by atoms with Gasteiger partial charge >= 0.3 is 0 Å². The molecule has 1 aliphatic heterocycles. The van der Waals surface area contributed by atoms with Gasteiger partial charge in [-0.1, -0.05) is 0 Å². The number of carbonyl (C=O) groups excluding carboxylic acids is 1. The first-order valence-electron chi connectivity index (χ1n) is 6.55. The van der Waals surface area contributed by atoms with Crippen molar-refractivity contribution in [3.63, 3.8) is 0 Å². The lowest BCUT2D eigenvalue weighted by molar-refractivity contribution is -0.131. The molecular formula is C14H17N3O3S. The van der Waals surface area contributed by atoms with E-state index in [0.29, 0.717) is 13.0 Å². The number of carbonyl (C=O) groups is 2. The summed E-state index contributed by atoms with van der Waals surface area (Å²) in [5, 5.41) is 10.9. The van der Waals surface area contributed by atoms with Crippen molar-refractivity contribution in [3.8, 4) is 0 Å². The standard InChI is InChI=1S/C13H15N3OS.CH2O2/c1-9-14-11-2-4-16(7-12(11)15-9)13(17)6-10-3-5-18-8-10;2-1-3/h3,5,8H,2,4,6-7H2,1H3,(H,14,15);1H,(H,2,3). The van der Waals surface area contributed by atoms with Crippen LogP contribution in [0.3, 0.4) is 0 Å². The van der Waals surface area contributed by atoms with E-state index in [-0.39, 0.29) is 12.4 Å². The smallest absolute Gasteiger partial charge is 0.290 e. The first-order valence-corrected chi connectivity index (χ1v) is 7.49. The number of aromatic amines is 1. The molecule has 7 heteroatoms. The molecule has 0 aliphatic carbocycles. The molecule has 0 atom stereocenters. The summed E-state index contributed by atoms with van der Waals surface area (Å²) < 4.78 is 0. The van der Waals surface area contributed by atoms with E-state index < -0.39 is 0 Å². The molecule has 0 radical (unpaired) electrons. The Morgan fingerprint density at radius 1 is 1.62 bits per heavy atom. The van der Waals surface area contributed by atoms with Gasteiger partial charge in [0.05, 0.1) is 24.4 Å². The van der Waals surface area contributed by atoms with E-state index in [1.54, 1.807) is 11.3 Å². The normalized spacial score (nSPS) is 13.1. The molecule has 112 valence electrons. The van der Waals surface area contributed by atoms with E-state index in [1.807, 2.05) is 28.7 Å². The van der Waals surface area contributed by atoms with Crippen LogP contribution in [-0.2, 0) is 29.0 Å². The first-order chi connectivity index (χ1) is 10.1. The molecule has 2 aromatic heterocycles. The van der Waals surface area contributed by atoms with Crippen molar-refractivity contribution >= 4 is 23.7 Å². The molecule has 0 unspecified atom stereocenters. The molecule has 0 aromatic carbocycles. The minimum atomic E-state index is -0.250. The molecule has 0 bridgehead atoms. The largest absolute Gasteiger partial charge is 0.483 e. The number of aryl methyl sites for hydroxylation is 1. The van der Waals surface area contributed by atoms with E-state index in [9.17, 15) is 4.79 Å². The van der Waals surface area contributed by atoms with Crippen molar-refractivity contribution in [1.82, 2.24) is 14.9 Å². The van der Waals surface area contributed by atoms with Crippen LogP contribution < -0.4 is 0 Å². The number of H-pyrrole nitrogens is 1. The van der Waals surface area contributed by atoms with Gasteiger partial charge in [0.15, 0.2) is 0 Å². The highest BCUT2D eigenvalue weighted by atomic mass is 32.1. The van der Waals surface area contributed by atoms with Crippen molar-refractivity contribution in [2.75, 3.05) is 6.54 Å². The number of amides is 1. The molecular weight excluding hydrogens is 290 g/mol. The number of aromatic nitrogens is 2. The summed E-state index contributed by atoms with van der Waals surface area (Å²) in [5.74, 6) is 1.14. The second-order valence-corrected chi connectivity index (χ2v) is 5.51. The average molecular weight is 307 g/mol. The summed E-state index contributed by atoms with van der Waals surface area (Å²) in [7, 11) is 0. The third-order valence-corrected chi connectivity index (χ3v) is 3.97. The molecule has 0 saturated heterocycles. The zero-order chi connectivity index (χ0) is 15.2. The van der Waals surface area contributed by atoms with Crippen LogP contribution in [0.25, 0.3) is 0 Å². The molecule has 0 spiro atoms. The van der Waals surface area contributed by atoms with Crippen LogP contribution in [0.1, 0.15) is 22.8 Å². The van der Waals surface area contributed by atoms with Crippen LogP contribution in [-0.4, -0.2) is 38.9 Å². The fraction of sp³-hybridized carbons (Fsp3) is 0.357. The lowest BCUT2D eigenvalue weighted by Crippen LogP contribution is -2.36. The fourth-order valence-corrected chi connectivity index (χ4v) is 3.00. The molecule has 21 heavy (non-hydrogen) atoms. The number of rotatable bonds is 2. The summed E-state index contributed by atoms with van der Waals surface area (Å²) in [5.41, 5.74) is 3.32. The second kappa shape index (κ2) is 7.03. The number of hydrogen-bond donors (Lipinski definition) is 2. The summed E-state index contributed by atoms with van der Waals surface area (Å²) >= 11 is 1.63. The van der Waals surface area contributed by atoms with E-state index in [1.165, 1.54) is 0 Å². The van der Waals surface area contributed by atoms with Gasteiger partial charge in [-0.25, -0.2) is 4.98 Å². The molecule has 3 heterocycles. The van der Waals surface area contributed by atoms with Crippen molar-refractivity contribution in [2.24, 2.45) is 0 Å². The first kappa shape index (κ1) is 15.2. The lowest BCUT2D eigenvalue weighted by Gasteiger charge is -2.26. The van der Waals surface area contributed by atoms with Gasteiger partial charge in [0.2, 0.25) is 5.91 Å². The van der Waals surface area contributed by atoms with Gasteiger partial charge in [-0.15, -0.1) is 0 Å². The molecule has 2 aromatic rings. The topological polar surface area (TPSA) is 86.3 Å². The summed E-state index contributed by atoms with van der Waals surface area (Å²) in [6, 6.07) is 2.01. The van der Waals surface area contributed by atoms with E-state index >= 15 is 0 Å². The number of fused-ring (bicyclic) bond motifs is 1. The predicted octanol–water partition coefficient (Wildman–Crippen LogP) is 1.61. The highest BCUT2D eigenvalue weighted by Gasteiger charge is 2.23. The third-order valence-electron chi connectivity index (χ3n) is 3.24. The average Bonchev–Trinajstić information content (AvgIpc) is 3.06. The monoisotopic (exact) mass is 307 g/mol. The Labute approximate surface area is 126 Å². The molecule has 1 amide bonds. The van der Waals surface area contributed by atoms with Gasteiger partial charge in [0.1, 0.15) is 5.82 Å². The SMILES string of the molecule is Cc1nc2c([nH]1)CN(C(=O)Cc1ccsc1)CC2.O=CO. The highest BCUT2D eigenvalue weighted by Crippen LogP contribution is 2.18. The van der Waals surface area contributed by atoms with Crippen LogP contribution in [0.5, 0.6) is 0 Å². The Balaban J connectivity index is 0.000000497. The van der Waals surface area contributed by atoms with Gasteiger partial charge in [0, 0.05) is 13.0 Å². The van der Waals surface area contributed by atoms with Gasteiger partial charge < -0.3 is 15.0 Å². The number of carboxylic acid groups (broad SMARTS) is 1. The van der Waals surface area contributed by atoms with Crippen LogP contribution >= 0.6 is 11.3 Å². The quantitative estimate of drug-likeness (QED) is 0.825. The van der Waals surface area contributed by atoms with Crippen molar-refractivity contribution in [2.45, 2.75) is 26.3 Å². The number of imidazole rings is 1. The highest BCUT2D eigenvalue weighted by molar-refractivity contribution is 7.07. The van der Waals surface area contributed by atoms with Crippen molar-refractivity contribution < 1.29 is 14.7 Å². The van der Waals surface area contributed by atoms with Crippen molar-refractivity contribution in [1.29, 1.82) is 0 Å². The Morgan fingerprint density at radius 2 is 2.38 bits per heavy atom. The fourth-order valence-electron chi connectivity index (χ4n) is 2.33. The zero-order valence-electron chi connectivity index (χ0n) is 11.7. The molecule has 0 fully saturated rings. The summed E-state index contributed by atoms with van der Waals surface area (Å²) in [6.07, 6.45) is 1.36. The summed E-state index contributed by atoms with van der Waals surface area (Å²) in [4.78, 5) is 30.1. The third kappa shape index (κ3) is 3.91. The zero-order valence-corrected chi connectivity index (χ0v) is 12.5. The summed E-state index contributed by atoms with van der Waals surface area (Å²) in [6.45, 7) is 3.15. The van der Waals surface area contributed by atoms with Crippen molar-refractivity contribution in [3.05, 3.63) is 39.6 Å². The predicted molar refractivity (Wildman–Crippen MR) is 79.2 cm³/mol. The maximum atomic E-state index is 12.2. The van der Waals surface area contributed by atoms with Gasteiger partial charge in [-0.3, -0.25) is 9.59 Å². The molecule has 0 saturated carbocycles. The minimum absolute atomic E-state index is 0.200. The van der Waals surface area contributed by atoms with Gasteiger partial charge in [0.25, 0.3) is 6.47 Å². The number of nitrogens with zero attached hydrogens (tertiary/aromatic N) is 2. The maximum absolute atomic E-state index is 12.2. The number of nitrogens with one attached hydrogen (secondary N) is 1. The number of thiophene rings is 1. The molecule has 1 aliphatic rings. The van der Waals surface area contributed by atoms with Crippen LogP contribution in [0.4, 0.5) is 0 Å². The Hall–Kier alpha value is -2.15. The second-order valence-electron chi connectivity index (χ2n) is 4.73. The van der Waals surface area contributed by atoms with E-state index in [4.69, 9.17) is 9.90 Å². The van der Waals surface area contributed by atoms with E-state index in [2.05, 4.69) is 9.97 Å². The van der Waals surface area contributed by atoms with Gasteiger partial charge in [-0.05, 0) is 29.3 Å². The minimum Gasteiger partial charge on any atom is -0.483 e. The lowest BCUT2D eigenvalue weighted by atomic mass is 10.1. The van der Waals surface area contributed by atoms with Crippen LogP contribution in [0.15, 0.2) is 16.8 Å². The molecule has 2 N–H and O–H groups in total. The number of hydrogen-bond acceptors (Lipinski definition) is 4. The van der Waals surface area contributed by atoms with Crippen LogP contribution in [0, 0.1) is 6.92 Å². The van der Waals surface area contributed by atoms with E-state index in [0.717, 1.165) is 35.7 Å². The molecule has 3 rings (SSSR count). The molecule has 6 nitrogen and oxygen atoms in total. The Kier molecular flexibility index (Phi) is 5.10. The van der Waals surface area contributed by atoms with Crippen LogP contribution in [0.2, 0.25) is 0 Å². The maximum Gasteiger partial charge on any atom is 0.290 e. The van der Waals surface area contributed by atoms with Gasteiger partial charge in [-0.2, -0.15) is 11.3 Å². The Bertz CT molecular complexity index is 607. The Morgan fingerprint density at radius 3 is 3.05 bits per heavy atom.